The summed E-state index contributed by atoms with van der Waals surface area (Å²) in [4.78, 5) is 4.62. The van der Waals surface area contributed by atoms with Gasteiger partial charge in [0.15, 0.2) is 0 Å². The summed E-state index contributed by atoms with van der Waals surface area (Å²) in [7, 11) is 1.51. The first kappa shape index (κ1) is 23.3. The first-order chi connectivity index (χ1) is 14.6. The molecule has 0 aliphatic heterocycles. The standard InChI is InChI=1S/C25H33NO4/c1-5-6-14-28-24-17-20(2)25(21(3)18-24)30-15-8-7-10-22-11-9-12-23(19-22)29-16-13-26-27-4/h5-6,9,11-13,17-19H,7-8,10,14-16H2,1-4H3/b6-5+,26-13-. The highest BCUT2D eigenvalue weighted by molar-refractivity contribution is 5.58. The molecule has 0 heterocycles. The number of benzene rings is 2. The number of ether oxygens (including phenoxy) is 3. The van der Waals surface area contributed by atoms with Crippen LogP contribution in [0.2, 0.25) is 0 Å². The fourth-order valence-corrected chi connectivity index (χ4v) is 3.10. The maximum atomic E-state index is 6.07. The second-order valence-corrected chi connectivity index (χ2v) is 7.00. The Morgan fingerprint density at radius 3 is 2.40 bits per heavy atom. The molecule has 2 rings (SSSR count). The number of hydrogen-bond acceptors (Lipinski definition) is 5. The number of unbranched alkanes of at least 4 members (excludes halogenated alkanes) is 1. The summed E-state index contributed by atoms with van der Waals surface area (Å²) in [5.41, 5.74) is 3.46. The number of aryl methyl sites for hydroxylation is 3. The van der Waals surface area contributed by atoms with Crippen molar-refractivity contribution in [2.24, 2.45) is 5.16 Å². The largest absolute Gasteiger partial charge is 0.493 e. The van der Waals surface area contributed by atoms with Gasteiger partial charge in [0.1, 0.15) is 37.6 Å². The molecule has 0 aliphatic rings. The van der Waals surface area contributed by atoms with Gasteiger partial charge in [-0.05, 0) is 81.0 Å². The molecule has 0 amide bonds. The highest BCUT2D eigenvalue weighted by atomic mass is 16.6. The van der Waals surface area contributed by atoms with Crippen molar-refractivity contribution in [3.05, 3.63) is 65.2 Å². The number of hydrogen-bond donors (Lipinski definition) is 0. The number of nitrogens with zero attached hydrogens (tertiary/aromatic N) is 1. The minimum atomic E-state index is 0.392. The molecule has 0 N–H and O–H groups in total. The van der Waals surface area contributed by atoms with Crippen molar-refractivity contribution in [3.63, 3.8) is 0 Å². The Morgan fingerprint density at radius 1 is 0.900 bits per heavy atom. The average Bonchev–Trinajstić information content (AvgIpc) is 2.73. The summed E-state index contributed by atoms with van der Waals surface area (Å²) in [6.45, 7) is 7.79. The van der Waals surface area contributed by atoms with Crippen molar-refractivity contribution >= 4 is 6.21 Å². The van der Waals surface area contributed by atoms with E-state index in [1.165, 1.54) is 12.7 Å². The normalized spacial score (nSPS) is 11.2. The molecular formula is C25H33NO4. The zero-order valence-electron chi connectivity index (χ0n) is 18.5. The maximum absolute atomic E-state index is 6.07. The van der Waals surface area contributed by atoms with E-state index >= 15 is 0 Å². The van der Waals surface area contributed by atoms with Gasteiger partial charge in [-0.15, -0.1) is 0 Å². The van der Waals surface area contributed by atoms with E-state index in [4.69, 9.17) is 14.2 Å². The van der Waals surface area contributed by atoms with Crippen LogP contribution in [0.5, 0.6) is 17.2 Å². The van der Waals surface area contributed by atoms with Gasteiger partial charge in [0.25, 0.3) is 0 Å². The van der Waals surface area contributed by atoms with Gasteiger partial charge in [0, 0.05) is 0 Å². The van der Waals surface area contributed by atoms with Crippen molar-refractivity contribution in [2.45, 2.75) is 40.0 Å². The monoisotopic (exact) mass is 411 g/mol. The minimum absolute atomic E-state index is 0.392. The van der Waals surface area contributed by atoms with Gasteiger partial charge in [0.05, 0.1) is 12.8 Å². The van der Waals surface area contributed by atoms with Crippen LogP contribution in [0, 0.1) is 13.8 Å². The molecule has 0 saturated carbocycles. The van der Waals surface area contributed by atoms with Crippen molar-refractivity contribution in [3.8, 4) is 17.2 Å². The highest BCUT2D eigenvalue weighted by Gasteiger charge is 2.07. The van der Waals surface area contributed by atoms with E-state index in [0.29, 0.717) is 19.8 Å². The fourth-order valence-electron chi connectivity index (χ4n) is 3.10. The Labute approximate surface area is 180 Å². The molecule has 0 aromatic heterocycles. The maximum Gasteiger partial charge on any atom is 0.127 e. The molecule has 5 heteroatoms. The second kappa shape index (κ2) is 13.3. The van der Waals surface area contributed by atoms with E-state index in [2.05, 4.69) is 36.0 Å². The van der Waals surface area contributed by atoms with Gasteiger partial charge < -0.3 is 19.0 Å². The van der Waals surface area contributed by atoms with E-state index in [1.54, 1.807) is 6.21 Å². The summed E-state index contributed by atoms with van der Waals surface area (Å²) < 4.78 is 17.4. The molecule has 30 heavy (non-hydrogen) atoms. The lowest BCUT2D eigenvalue weighted by molar-refractivity contribution is 0.212. The minimum Gasteiger partial charge on any atom is -0.493 e. The molecular weight excluding hydrogens is 378 g/mol. The number of rotatable bonds is 13. The Bertz CT molecular complexity index is 807. The van der Waals surface area contributed by atoms with Crippen molar-refractivity contribution < 1.29 is 19.0 Å². The van der Waals surface area contributed by atoms with Crippen LogP contribution in [0.4, 0.5) is 0 Å². The third-order valence-corrected chi connectivity index (χ3v) is 4.52. The molecule has 0 spiro atoms. The topological polar surface area (TPSA) is 49.3 Å². The summed E-state index contributed by atoms with van der Waals surface area (Å²) in [6.07, 6.45) is 8.60. The number of allylic oxidation sites excluding steroid dienone is 1. The molecule has 0 unspecified atom stereocenters. The lowest BCUT2D eigenvalue weighted by Crippen LogP contribution is -2.03. The Kier molecular flexibility index (Phi) is 10.3. The van der Waals surface area contributed by atoms with Crippen LogP contribution in [0.15, 0.2) is 53.7 Å². The number of oxime groups is 1. The second-order valence-electron chi connectivity index (χ2n) is 7.00. The smallest absolute Gasteiger partial charge is 0.127 e. The SMILES string of the molecule is C/C=C/COc1cc(C)c(OCCCCc2cccc(OC/C=N\OC)c2)c(C)c1. The van der Waals surface area contributed by atoms with Gasteiger partial charge in [-0.3, -0.25) is 0 Å². The van der Waals surface area contributed by atoms with Crippen LogP contribution in [0.25, 0.3) is 0 Å². The van der Waals surface area contributed by atoms with E-state index in [9.17, 15) is 0 Å². The van der Waals surface area contributed by atoms with Gasteiger partial charge in [-0.25, -0.2) is 0 Å². The van der Waals surface area contributed by atoms with Crippen LogP contribution in [0.1, 0.15) is 36.5 Å². The molecule has 162 valence electrons. The first-order valence-corrected chi connectivity index (χ1v) is 10.4. The predicted octanol–water partition coefficient (Wildman–Crippen LogP) is 5.67. The van der Waals surface area contributed by atoms with Gasteiger partial charge >= 0.3 is 0 Å². The highest BCUT2D eigenvalue weighted by Crippen LogP contribution is 2.28. The Hall–Kier alpha value is -2.95. The lowest BCUT2D eigenvalue weighted by Gasteiger charge is -2.14. The zero-order chi connectivity index (χ0) is 21.6. The Morgan fingerprint density at radius 2 is 1.67 bits per heavy atom. The van der Waals surface area contributed by atoms with Gasteiger partial charge in [-0.2, -0.15) is 0 Å². The summed E-state index contributed by atoms with van der Waals surface area (Å²) >= 11 is 0. The molecule has 5 nitrogen and oxygen atoms in total. The molecule has 2 aromatic carbocycles. The summed E-state index contributed by atoms with van der Waals surface area (Å²) in [6, 6.07) is 12.2. The fraction of sp³-hybridized carbons (Fsp3) is 0.400. The average molecular weight is 412 g/mol. The predicted molar refractivity (Wildman–Crippen MR) is 122 cm³/mol. The first-order valence-electron chi connectivity index (χ1n) is 10.4. The van der Waals surface area contributed by atoms with Crippen LogP contribution < -0.4 is 14.2 Å². The van der Waals surface area contributed by atoms with E-state index in [0.717, 1.165) is 47.6 Å². The molecule has 0 saturated heterocycles. The molecule has 0 bridgehead atoms. The summed E-state index contributed by atoms with van der Waals surface area (Å²) in [5.74, 6) is 2.68. The van der Waals surface area contributed by atoms with Gasteiger partial charge in [-0.1, -0.05) is 29.4 Å². The zero-order valence-corrected chi connectivity index (χ0v) is 18.5. The molecule has 0 aliphatic carbocycles. The van der Waals surface area contributed by atoms with Gasteiger partial charge in [0.2, 0.25) is 0 Å². The molecule has 2 aromatic rings. The van der Waals surface area contributed by atoms with Crippen molar-refractivity contribution in [2.75, 3.05) is 26.9 Å². The molecule has 0 fully saturated rings. The lowest BCUT2D eigenvalue weighted by atomic mass is 10.1. The van der Waals surface area contributed by atoms with Crippen molar-refractivity contribution in [1.82, 2.24) is 0 Å². The van der Waals surface area contributed by atoms with Crippen LogP contribution in [-0.2, 0) is 11.3 Å². The summed E-state index contributed by atoms with van der Waals surface area (Å²) in [5, 5.41) is 3.66. The quantitative estimate of drug-likeness (QED) is 0.184. The van der Waals surface area contributed by atoms with E-state index in [1.807, 2.05) is 43.3 Å². The molecule has 0 atom stereocenters. The van der Waals surface area contributed by atoms with Crippen molar-refractivity contribution in [1.29, 1.82) is 0 Å². The van der Waals surface area contributed by atoms with E-state index < -0.39 is 0 Å². The van der Waals surface area contributed by atoms with E-state index in [-0.39, 0.29) is 0 Å². The van der Waals surface area contributed by atoms with Crippen LogP contribution >= 0.6 is 0 Å². The molecule has 0 radical (unpaired) electrons. The third-order valence-electron chi connectivity index (χ3n) is 4.52. The van der Waals surface area contributed by atoms with Crippen LogP contribution in [-0.4, -0.2) is 33.1 Å². The Balaban J connectivity index is 1.75. The third kappa shape index (κ3) is 8.19. The van der Waals surface area contributed by atoms with Crippen LogP contribution in [0.3, 0.4) is 0 Å².